The molecule has 1 rings (SSSR count). The number of carboxylic acid groups (broad SMARTS) is 1. The van der Waals surface area contributed by atoms with Crippen molar-refractivity contribution in [1.29, 1.82) is 0 Å². The van der Waals surface area contributed by atoms with Crippen LogP contribution in [0.1, 0.15) is 26.7 Å². The highest BCUT2D eigenvalue weighted by Gasteiger charge is 2.29. The van der Waals surface area contributed by atoms with Gasteiger partial charge in [-0.3, -0.25) is 4.79 Å². The minimum atomic E-state index is -0.759. The smallest absolute Gasteiger partial charge is 0.321 e. The van der Waals surface area contributed by atoms with Gasteiger partial charge in [0.2, 0.25) is 0 Å². The first-order valence-corrected chi connectivity index (χ1v) is 6.95. The summed E-state index contributed by atoms with van der Waals surface area (Å²) in [6, 6.07) is -0.471. The number of hydrogen-bond donors (Lipinski definition) is 2. The van der Waals surface area contributed by atoms with E-state index in [1.165, 1.54) is 0 Å². The van der Waals surface area contributed by atoms with Gasteiger partial charge in [-0.2, -0.15) is 0 Å². The minimum Gasteiger partial charge on any atom is -0.480 e. The normalized spacial score (nSPS) is 22.1. The topological polar surface area (TPSA) is 61.8 Å². The average Bonchev–Trinajstić information content (AvgIpc) is 2.39. The van der Waals surface area contributed by atoms with Gasteiger partial charge in [-0.1, -0.05) is 13.8 Å². The first kappa shape index (κ1) is 15.4. The Labute approximate surface area is 109 Å². The van der Waals surface area contributed by atoms with Crippen LogP contribution in [0, 0.1) is 5.92 Å². The molecule has 18 heavy (non-hydrogen) atoms. The first-order chi connectivity index (χ1) is 8.69. The van der Waals surface area contributed by atoms with Crippen LogP contribution in [0.25, 0.3) is 0 Å². The van der Waals surface area contributed by atoms with Crippen LogP contribution in [0.3, 0.4) is 0 Å². The molecule has 0 aliphatic carbocycles. The third kappa shape index (κ3) is 4.92. The molecule has 1 fully saturated rings. The predicted octanol–water partition coefficient (Wildman–Crippen LogP) is 0.798. The number of carboxylic acids is 1. The average molecular weight is 258 g/mol. The zero-order valence-electron chi connectivity index (χ0n) is 11.5. The lowest BCUT2D eigenvalue weighted by atomic mass is 9.94. The van der Waals surface area contributed by atoms with Gasteiger partial charge in [-0.25, -0.2) is 0 Å². The van der Waals surface area contributed by atoms with Crippen LogP contribution in [0.4, 0.5) is 0 Å². The number of rotatable bonds is 8. The zero-order valence-corrected chi connectivity index (χ0v) is 11.5. The lowest BCUT2D eigenvalue weighted by molar-refractivity contribution is -0.142. The van der Waals surface area contributed by atoms with E-state index < -0.39 is 12.0 Å². The van der Waals surface area contributed by atoms with Crippen molar-refractivity contribution in [3.8, 4) is 0 Å². The zero-order chi connectivity index (χ0) is 13.4. The largest absolute Gasteiger partial charge is 0.480 e. The monoisotopic (exact) mass is 258 g/mol. The SMILES string of the molecule is CCN(CC)CCNC(C(=O)O)C1CCCOC1. The van der Waals surface area contributed by atoms with Gasteiger partial charge in [0.25, 0.3) is 0 Å². The van der Waals surface area contributed by atoms with Crippen molar-refractivity contribution >= 4 is 5.97 Å². The van der Waals surface area contributed by atoms with E-state index in [2.05, 4.69) is 24.1 Å². The third-order valence-corrected chi connectivity index (χ3v) is 3.62. The maximum absolute atomic E-state index is 11.3. The molecule has 0 aromatic carbocycles. The Kier molecular flexibility index (Phi) is 7.23. The maximum Gasteiger partial charge on any atom is 0.321 e. The molecule has 0 amide bonds. The van der Waals surface area contributed by atoms with Crippen LogP contribution in [0.5, 0.6) is 0 Å². The quantitative estimate of drug-likeness (QED) is 0.674. The molecule has 2 unspecified atom stereocenters. The summed E-state index contributed by atoms with van der Waals surface area (Å²) < 4.78 is 5.37. The van der Waals surface area contributed by atoms with Crippen molar-refractivity contribution in [2.75, 3.05) is 39.4 Å². The molecule has 0 aromatic rings. The van der Waals surface area contributed by atoms with Gasteiger partial charge < -0.3 is 20.1 Å². The summed E-state index contributed by atoms with van der Waals surface area (Å²) in [5.41, 5.74) is 0. The molecule has 5 nitrogen and oxygen atoms in total. The van der Waals surface area contributed by atoms with Crippen LogP contribution >= 0.6 is 0 Å². The van der Waals surface area contributed by atoms with Crippen LogP contribution < -0.4 is 5.32 Å². The number of carbonyl (C=O) groups is 1. The Morgan fingerprint density at radius 2 is 2.22 bits per heavy atom. The van der Waals surface area contributed by atoms with E-state index in [1.54, 1.807) is 0 Å². The summed E-state index contributed by atoms with van der Waals surface area (Å²) in [6.07, 6.45) is 1.90. The van der Waals surface area contributed by atoms with Gasteiger partial charge >= 0.3 is 5.97 Å². The summed E-state index contributed by atoms with van der Waals surface area (Å²) in [6.45, 7) is 9.18. The second-order valence-electron chi connectivity index (χ2n) is 4.77. The number of aliphatic carboxylic acids is 1. The van der Waals surface area contributed by atoms with Gasteiger partial charge in [-0.05, 0) is 25.9 Å². The summed E-state index contributed by atoms with van der Waals surface area (Å²) in [5.74, 6) is -0.655. The number of nitrogens with one attached hydrogen (secondary N) is 1. The van der Waals surface area contributed by atoms with E-state index in [4.69, 9.17) is 4.74 Å². The minimum absolute atomic E-state index is 0.105. The van der Waals surface area contributed by atoms with E-state index in [0.29, 0.717) is 6.61 Å². The second-order valence-corrected chi connectivity index (χ2v) is 4.77. The molecule has 1 saturated heterocycles. The first-order valence-electron chi connectivity index (χ1n) is 6.95. The molecular formula is C13H26N2O3. The standard InChI is InChI=1S/C13H26N2O3/c1-3-15(4-2)8-7-14-12(13(16)17)11-6-5-9-18-10-11/h11-12,14H,3-10H2,1-2H3,(H,16,17). The lowest BCUT2D eigenvalue weighted by Gasteiger charge is -2.29. The molecule has 1 heterocycles. The van der Waals surface area contributed by atoms with Crippen LogP contribution in [0.15, 0.2) is 0 Å². The molecule has 1 aliphatic heterocycles. The lowest BCUT2D eigenvalue weighted by Crippen LogP contribution is -2.48. The molecule has 0 bridgehead atoms. The van der Waals surface area contributed by atoms with Crippen molar-refractivity contribution in [2.45, 2.75) is 32.7 Å². The Morgan fingerprint density at radius 3 is 2.72 bits per heavy atom. The fourth-order valence-electron chi connectivity index (χ4n) is 2.40. The number of nitrogens with zero attached hydrogens (tertiary/aromatic N) is 1. The Morgan fingerprint density at radius 1 is 1.50 bits per heavy atom. The maximum atomic E-state index is 11.3. The van der Waals surface area contributed by atoms with Crippen LogP contribution in [-0.2, 0) is 9.53 Å². The number of hydrogen-bond acceptors (Lipinski definition) is 4. The van der Waals surface area contributed by atoms with Gasteiger partial charge in [0, 0.05) is 25.6 Å². The van der Waals surface area contributed by atoms with Crippen molar-refractivity contribution in [3.63, 3.8) is 0 Å². The van der Waals surface area contributed by atoms with Crippen LogP contribution in [-0.4, -0.2) is 61.4 Å². The highest BCUT2D eigenvalue weighted by molar-refractivity contribution is 5.73. The van der Waals surface area contributed by atoms with Crippen molar-refractivity contribution in [2.24, 2.45) is 5.92 Å². The van der Waals surface area contributed by atoms with E-state index in [9.17, 15) is 9.90 Å². The molecule has 2 atom stereocenters. The molecule has 106 valence electrons. The van der Waals surface area contributed by atoms with Gasteiger partial charge in [0.1, 0.15) is 6.04 Å². The molecule has 0 spiro atoms. The Hall–Kier alpha value is -0.650. The Balaban J connectivity index is 2.35. The summed E-state index contributed by atoms with van der Waals surface area (Å²) in [4.78, 5) is 13.6. The highest BCUT2D eigenvalue weighted by atomic mass is 16.5. The highest BCUT2D eigenvalue weighted by Crippen LogP contribution is 2.17. The van der Waals surface area contributed by atoms with E-state index >= 15 is 0 Å². The van der Waals surface area contributed by atoms with Gasteiger partial charge in [0.15, 0.2) is 0 Å². The van der Waals surface area contributed by atoms with Crippen LogP contribution in [0.2, 0.25) is 0 Å². The molecule has 2 N–H and O–H groups in total. The van der Waals surface area contributed by atoms with Crippen molar-refractivity contribution in [3.05, 3.63) is 0 Å². The molecule has 0 radical (unpaired) electrons. The number of likely N-dealkylation sites (N-methyl/N-ethyl adjacent to an activating group) is 1. The van der Waals surface area contributed by atoms with E-state index in [1.807, 2.05) is 0 Å². The fraction of sp³-hybridized carbons (Fsp3) is 0.923. The van der Waals surface area contributed by atoms with E-state index in [0.717, 1.165) is 45.6 Å². The van der Waals surface area contributed by atoms with Crippen molar-refractivity contribution in [1.82, 2.24) is 10.2 Å². The van der Waals surface area contributed by atoms with Gasteiger partial charge in [-0.15, -0.1) is 0 Å². The summed E-state index contributed by atoms with van der Waals surface area (Å²) >= 11 is 0. The predicted molar refractivity (Wildman–Crippen MR) is 70.8 cm³/mol. The van der Waals surface area contributed by atoms with E-state index in [-0.39, 0.29) is 5.92 Å². The molecule has 0 saturated carbocycles. The second kappa shape index (κ2) is 8.45. The summed E-state index contributed by atoms with van der Waals surface area (Å²) in [5, 5.41) is 12.4. The summed E-state index contributed by atoms with van der Waals surface area (Å²) in [7, 11) is 0. The van der Waals surface area contributed by atoms with Gasteiger partial charge in [0.05, 0.1) is 6.61 Å². The molecule has 1 aliphatic rings. The Bertz CT molecular complexity index is 238. The molecular weight excluding hydrogens is 232 g/mol. The number of ether oxygens (including phenoxy) is 1. The molecule has 0 aromatic heterocycles. The van der Waals surface area contributed by atoms with Crippen molar-refractivity contribution < 1.29 is 14.6 Å². The third-order valence-electron chi connectivity index (χ3n) is 3.62. The molecule has 5 heteroatoms. The fourth-order valence-corrected chi connectivity index (χ4v) is 2.40.